The lowest BCUT2D eigenvalue weighted by molar-refractivity contribution is 0.306. The molecule has 0 aliphatic heterocycles. The Bertz CT molecular complexity index is 540. The van der Waals surface area contributed by atoms with E-state index in [9.17, 15) is 0 Å². The Morgan fingerprint density at radius 3 is 2.15 bits per heavy atom. The zero-order valence-electron chi connectivity index (χ0n) is 12.5. The van der Waals surface area contributed by atoms with Gasteiger partial charge in [-0.2, -0.15) is 0 Å². The van der Waals surface area contributed by atoms with E-state index in [0.717, 1.165) is 17.7 Å². The van der Waals surface area contributed by atoms with Crippen molar-refractivity contribution in [3.05, 3.63) is 64.7 Å². The molecule has 0 amide bonds. The molecule has 0 aliphatic carbocycles. The normalized spacial score (nSPS) is 12.2. The minimum absolute atomic E-state index is 0.114. The van der Waals surface area contributed by atoms with Gasteiger partial charge in [-0.25, -0.2) is 0 Å². The van der Waals surface area contributed by atoms with Crippen LogP contribution in [-0.2, 0) is 6.61 Å². The van der Waals surface area contributed by atoms with Gasteiger partial charge in [0.15, 0.2) is 0 Å². The van der Waals surface area contributed by atoms with Crippen LogP contribution < -0.4 is 10.5 Å². The van der Waals surface area contributed by atoms with Crippen LogP contribution in [0.5, 0.6) is 5.75 Å². The highest BCUT2D eigenvalue weighted by Crippen LogP contribution is 2.19. The highest BCUT2D eigenvalue weighted by molar-refractivity contribution is 5.31. The number of ether oxygens (including phenoxy) is 1. The molecule has 0 heterocycles. The monoisotopic (exact) mass is 269 g/mol. The van der Waals surface area contributed by atoms with Crippen LogP contribution in [0.1, 0.15) is 41.6 Å². The van der Waals surface area contributed by atoms with Gasteiger partial charge in [-0.05, 0) is 43.5 Å². The lowest BCUT2D eigenvalue weighted by atomic mass is 10.1. The molecule has 0 aromatic heterocycles. The van der Waals surface area contributed by atoms with Gasteiger partial charge in [0.1, 0.15) is 12.4 Å². The van der Waals surface area contributed by atoms with Crippen molar-refractivity contribution >= 4 is 0 Å². The summed E-state index contributed by atoms with van der Waals surface area (Å²) in [5.41, 5.74) is 10.9. The molecule has 0 unspecified atom stereocenters. The van der Waals surface area contributed by atoms with Crippen LogP contribution in [0.15, 0.2) is 42.5 Å². The molecule has 2 aromatic rings. The highest BCUT2D eigenvalue weighted by atomic mass is 16.5. The van der Waals surface area contributed by atoms with E-state index in [1.54, 1.807) is 0 Å². The highest BCUT2D eigenvalue weighted by Gasteiger charge is 2.03. The van der Waals surface area contributed by atoms with Gasteiger partial charge in [0.05, 0.1) is 0 Å². The zero-order valence-corrected chi connectivity index (χ0v) is 12.5. The summed E-state index contributed by atoms with van der Waals surface area (Å²) in [6.45, 7) is 6.91. The first kappa shape index (κ1) is 14.6. The van der Waals surface area contributed by atoms with E-state index in [2.05, 4.69) is 39.0 Å². The second-order valence-electron chi connectivity index (χ2n) is 5.37. The third-order valence-corrected chi connectivity index (χ3v) is 3.44. The molecular formula is C18H23NO. The Kier molecular flexibility index (Phi) is 4.80. The number of aryl methyl sites for hydroxylation is 2. The van der Waals surface area contributed by atoms with Crippen molar-refractivity contribution < 1.29 is 4.74 Å². The molecule has 0 radical (unpaired) electrons. The van der Waals surface area contributed by atoms with Crippen LogP contribution in [-0.4, -0.2) is 0 Å². The molecule has 20 heavy (non-hydrogen) atoms. The Morgan fingerprint density at radius 1 is 1.00 bits per heavy atom. The molecule has 0 aliphatic rings. The fourth-order valence-corrected chi connectivity index (χ4v) is 2.37. The molecule has 0 saturated carbocycles. The summed E-state index contributed by atoms with van der Waals surface area (Å²) < 4.78 is 5.83. The van der Waals surface area contributed by atoms with Crippen LogP contribution in [0, 0.1) is 13.8 Å². The molecule has 0 saturated heterocycles. The summed E-state index contributed by atoms with van der Waals surface area (Å²) in [6, 6.07) is 14.7. The molecule has 0 bridgehead atoms. The van der Waals surface area contributed by atoms with Crippen molar-refractivity contribution in [2.45, 2.75) is 39.8 Å². The smallest absolute Gasteiger partial charge is 0.119 e. The van der Waals surface area contributed by atoms with E-state index < -0.39 is 0 Å². The summed E-state index contributed by atoms with van der Waals surface area (Å²) >= 11 is 0. The van der Waals surface area contributed by atoms with Crippen molar-refractivity contribution in [1.82, 2.24) is 0 Å². The van der Waals surface area contributed by atoms with Gasteiger partial charge in [0, 0.05) is 6.04 Å². The first-order valence-electron chi connectivity index (χ1n) is 7.14. The molecule has 106 valence electrons. The first-order valence-corrected chi connectivity index (χ1v) is 7.14. The first-order chi connectivity index (χ1) is 9.58. The molecule has 2 nitrogen and oxygen atoms in total. The fourth-order valence-electron chi connectivity index (χ4n) is 2.37. The van der Waals surface area contributed by atoms with Crippen molar-refractivity contribution in [2.75, 3.05) is 0 Å². The molecular weight excluding hydrogens is 246 g/mol. The average molecular weight is 269 g/mol. The summed E-state index contributed by atoms with van der Waals surface area (Å²) in [7, 11) is 0. The third-order valence-electron chi connectivity index (χ3n) is 3.44. The Hall–Kier alpha value is -1.80. The molecule has 1 atom stereocenters. The molecule has 0 spiro atoms. The predicted molar refractivity (Wildman–Crippen MR) is 83.9 cm³/mol. The van der Waals surface area contributed by atoms with Crippen molar-refractivity contribution in [1.29, 1.82) is 0 Å². The Balaban J connectivity index is 2.00. The second kappa shape index (κ2) is 6.58. The maximum Gasteiger partial charge on any atom is 0.119 e. The van der Waals surface area contributed by atoms with E-state index in [0.29, 0.717) is 6.61 Å². The summed E-state index contributed by atoms with van der Waals surface area (Å²) in [5.74, 6) is 0.885. The number of rotatable bonds is 5. The molecule has 2 heteroatoms. The maximum atomic E-state index is 6.00. The van der Waals surface area contributed by atoms with Gasteiger partial charge < -0.3 is 10.5 Å². The molecule has 0 fully saturated rings. The predicted octanol–water partition coefficient (Wildman–Crippen LogP) is 4.29. The second-order valence-corrected chi connectivity index (χ2v) is 5.37. The molecule has 2 N–H and O–H groups in total. The van der Waals surface area contributed by atoms with Crippen LogP contribution in [0.2, 0.25) is 0 Å². The standard InChI is InChI=1S/C18H23NO/c1-4-18(19)16-5-7-17(8-6-16)20-12-15-10-13(2)9-14(3)11-15/h5-11,18H,4,12,19H2,1-3H3/t18-/m0/s1. The van der Waals surface area contributed by atoms with E-state index in [1.807, 2.05) is 24.3 Å². The van der Waals surface area contributed by atoms with Gasteiger partial charge >= 0.3 is 0 Å². The lowest BCUT2D eigenvalue weighted by Gasteiger charge is -2.11. The van der Waals surface area contributed by atoms with E-state index in [1.165, 1.54) is 16.7 Å². The van der Waals surface area contributed by atoms with Crippen molar-refractivity contribution in [3.8, 4) is 5.75 Å². The molecule has 2 aromatic carbocycles. The van der Waals surface area contributed by atoms with Gasteiger partial charge in [-0.3, -0.25) is 0 Å². The third kappa shape index (κ3) is 3.84. The van der Waals surface area contributed by atoms with E-state index >= 15 is 0 Å². The van der Waals surface area contributed by atoms with Crippen LogP contribution in [0.4, 0.5) is 0 Å². The molecule has 2 rings (SSSR count). The van der Waals surface area contributed by atoms with E-state index in [-0.39, 0.29) is 6.04 Å². The minimum atomic E-state index is 0.114. The fraction of sp³-hybridized carbons (Fsp3) is 0.333. The topological polar surface area (TPSA) is 35.2 Å². The van der Waals surface area contributed by atoms with E-state index in [4.69, 9.17) is 10.5 Å². The quantitative estimate of drug-likeness (QED) is 0.878. The summed E-state index contributed by atoms with van der Waals surface area (Å²) in [4.78, 5) is 0. The minimum Gasteiger partial charge on any atom is -0.489 e. The lowest BCUT2D eigenvalue weighted by Crippen LogP contribution is -2.08. The van der Waals surface area contributed by atoms with Crippen LogP contribution >= 0.6 is 0 Å². The Labute approximate surface area is 121 Å². The number of nitrogens with two attached hydrogens (primary N) is 1. The van der Waals surface area contributed by atoms with Crippen molar-refractivity contribution in [3.63, 3.8) is 0 Å². The number of hydrogen-bond acceptors (Lipinski definition) is 2. The van der Waals surface area contributed by atoms with Gasteiger partial charge in [-0.15, -0.1) is 0 Å². The van der Waals surface area contributed by atoms with Crippen LogP contribution in [0.3, 0.4) is 0 Å². The zero-order chi connectivity index (χ0) is 14.5. The average Bonchev–Trinajstić information content (AvgIpc) is 2.44. The van der Waals surface area contributed by atoms with Gasteiger partial charge in [0.2, 0.25) is 0 Å². The number of hydrogen-bond donors (Lipinski definition) is 1. The van der Waals surface area contributed by atoms with Crippen LogP contribution in [0.25, 0.3) is 0 Å². The van der Waals surface area contributed by atoms with Crippen molar-refractivity contribution in [2.24, 2.45) is 5.73 Å². The maximum absolute atomic E-state index is 6.00. The Morgan fingerprint density at radius 2 is 1.60 bits per heavy atom. The number of benzene rings is 2. The summed E-state index contributed by atoms with van der Waals surface area (Å²) in [5, 5.41) is 0. The summed E-state index contributed by atoms with van der Waals surface area (Å²) in [6.07, 6.45) is 0.947. The largest absolute Gasteiger partial charge is 0.489 e. The van der Waals surface area contributed by atoms with Gasteiger partial charge in [-0.1, -0.05) is 48.4 Å². The SMILES string of the molecule is CC[C@H](N)c1ccc(OCc2cc(C)cc(C)c2)cc1. The van der Waals surface area contributed by atoms with Gasteiger partial charge in [0.25, 0.3) is 0 Å².